The van der Waals surface area contributed by atoms with Gasteiger partial charge in [-0.1, -0.05) is 20.3 Å². The summed E-state index contributed by atoms with van der Waals surface area (Å²) in [5, 5.41) is 9.74. The zero-order chi connectivity index (χ0) is 4.99. The summed E-state index contributed by atoms with van der Waals surface area (Å²) >= 11 is 0. The molecule has 1 nitrogen and oxygen atoms in total. The van der Waals surface area contributed by atoms with E-state index in [1.807, 2.05) is 0 Å². The second kappa shape index (κ2) is 10.9. The summed E-state index contributed by atoms with van der Waals surface area (Å²) in [5.41, 5.74) is 0. The van der Waals surface area contributed by atoms with Gasteiger partial charge in [0.15, 0.2) is 0 Å². The molecule has 0 radical (unpaired) electrons. The zero-order valence-electron chi connectivity index (χ0n) is 5.48. The molecule has 0 aliphatic heterocycles. The monoisotopic (exact) mass is 146 g/mol. The summed E-state index contributed by atoms with van der Waals surface area (Å²) in [6.45, 7) is 4.19. The smallest absolute Gasteiger partial charge is 1.00 e. The maximum Gasteiger partial charge on any atom is 2.00 e. The average molecular weight is 147 g/mol. The van der Waals surface area contributed by atoms with Crippen LogP contribution in [0, 0.1) is 5.92 Å². The van der Waals surface area contributed by atoms with E-state index in [0.29, 0.717) is 5.92 Å². The minimum Gasteiger partial charge on any atom is -1.00 e. The summed E-state index contributed by atoms with van der Waals surface area (Å²) in [6.07, 6.45) is 0.819. The first kappa shape index (κ1) is 16.0. The van der Waals surface area contributed by atoms with E-state index in [1.54, 1.807) is 0 Å². The van der Waals surface area contributed by atoms with Crippen LogP contribution in [-0.4, -0.2) is 29.7 Å². The van der Waals surface area contributed by atoms with Crippen molar-refractivity contribution < 1.29 is 17.5 Å². The summed E-state index contributed by atoms with van der Waals surface area (Å²) < 4.78 is 0. The third-order valence-electron chi connectivity index (χ3n) is 0.695. The number of hydrogen-bond acceptors (Lipinski definition) is 1. The minimum absolute atomic E-state index is 0. The number of rotatable bonds is 2. The molecule has 0 spiro atoms. The van der Waals surface area contributed by atoms with Crippen LogP contribution in [0.5, 0.6) is 0 Å². The van der Waals surface area contributed by atoms with Crippen LogP contribution in [0.2, 0.25) is 0 Å². The Kier molecular flexibility index (Phi) is 21.8. The van der Waals surface area contributed by atoms with Crippen molar-refractivity contribution in [3.63, 3.8) is 0 Å². The van der Waals surface area contributed by atoms with E-state index in [2.05, 4.69) is 13.8 Å². The summed E-state index contributed by atoms with van der Waals surface area (Å²) in [5.74, 6) is 0.586. The Hall–Kier alpha value is 1.02. The Bertz CT molecular complexity index is 33.6. The molecule has 0 fully saturated rings. The molecule has 0 aromatic rings. The molecule has 0 aromatic heterocycles. The molecule has 3 heteroatoms. The maximum absolute atomic E-state index is 9.74. The predicted octanol–water partition coefficient (Wildman–Crippen LogP) is -2.98. The van der Waals surface area contributed by atoms with Crippen molar-refractivity contribution in [3.05, 3.63) is 0 Å². The molecule has 46 valence electrons. The fraction of sp³-hybridized carbons (Fsp3) is 1.00. The van der Waals surface area contributed by atoms with Gasteiger partial charge in [-0.3, -0.25) is 0 Å². The SMILES string of the molecule is CC(C)CC[O-].[Cl-].[Mg+2]. The van der Waals surface area contributed by atoms with Crippen molar-refractivity contribution in [2.24, 2.45) is 5.92 Å². The van der Waals surface area contributed by atoms with Crippen LogP contribution in [0.1, 0.15) is 20.3 Å². The van der Waals surface area contributed by atoms with Gasteiger partial charge in [0.2, 0.25) is 0 Å². The van der Waals surface area contributed by atoms with Gasteiger partial charge in [0.05, 0.1) is 0 Å². The summed E-state index contributed by atoms with van der Waals surface area (Å²) in [4.78, 5) is 0. The van der Waals surface area contributed by atoms with E-state index in [0.717, 1.165) is 6.42 Å². The van der Waals surface area contributed by atoms with E-state index in [1.165, 1.54) is 0 Å². The Balaban J connectivity index is -0.000000125. The van der Waals surface area contributed by atoms with Gasteiger partial charge < -0.3 is 17.5 Å². The largest absolute Gasteiger partial charge is 2.00 e. The molecule has 0 unspecified atom stereocenters. The normalized spacial score (nSPS) is 7.50. The first-order valence-electron chi connectivity index (χ1n) is 2.35. The third-order valence-corrected chi connectivity index (χ3v) is 0.695. The molecule has 0 aliphatic rings. The average Bonchev–Trinajstić information content (AvgIpc) is 1.35. The van der Waals surface area contributed by atoms with Gasteiger partial charge in [-0.25, -0.2) is 0 Å². The molecule has 0 amide bonds. The molecule has 0 aromatic carbocycles. The van der Waals surface area contributed by atoms with Gasteiger partial charge >= 0.3 is 23.1 Å². The van der Waals surface area contributed by atoms with Crippen LogP contribution in [0.15, 0.2) is 0 Å². The van der Waals surface area contributed by atoms with Crippen molar-refractivity contribution in [2.75, 3.05) is 6.61 Å². The third kappa shape index (κ3) is 15.7. The summed E-state index contributed by atoms with van der Waals surface area (Å²) in [7, 11) is 0. The molecule has 0 heterocycles. The van der Waals surface area contributed by atoms with Crippen LogP contribution >= 0.6 is 0 Å². The van der Waals surface area contributed by atoms with Gasteiger partial charge in [-0.15, -0.1) is 6.61 Å². The first-order chi connectivity index (χ1) is 2.77. The number of halogens is 1. The topological polar surface area (TPSA) is 23.1 Å². The molecule has 0 aliphatic carbocycles. The Morgan fingerprint density at radius 3 is 1.75 bits per heavy atom. The zero-order valence-corrected chi connectivity index (χ0v) is 7.66. The second-order valence-electron chi connectivity index (χ2n) is 1.89. The van der Waals surface area contributed by atoms with Crippen molar-refractivity contribution in [1.29, 1.82) is 0 Å². The van der Waals surface area contributed by atoms with Crippen molar-refractivity contribution >= 4 is 23.1 Å². The van der Waals surface area contributed by atoms with E-state index < -0.39 is 0 Å². The van der Waals surface area contributed by atoms with E-state index in [4.69, 9.17) is 0 Å². The van der Waals surface area contributed by atoms with Gasteiger partial charge in [-0.2, -0.15) is 0 Å². The van der Waals surface area contributed by atoms with E-state index in [-0.39, 0.29) is 42.1 Å². The Labute approximate surface area is 73.4 Å². The van der Waals surface area contributed by atoms with Crippen LogP contribution in [0.3, 0.4) is 0 Å². The minimum atomic E-state index is 0. The van der Waals surface area contributed by atoms with Crippen molar-refractivity contribution in [1.82, 2.24) is 0 Å². The van der Waals surface area contributed by atoms with Crippen LogP contribution < -0.4 is 17.5 Å². The molecule has 0 rings (SSSR count). The molecule has 8 heavy (non-hydrogen) atoms. The molecule has 0 bridgehead atoms. The Morgan fingerprint density at radius 1 is 1.38 bits per heavy atom. The second-order valence-corrected chi connectivity index (χ2v) is 1.89. The van der Waals surface area contributed by atoms with E-state index in [9.17, 15) is 5.11 Å². The van der Waals surface area contributed by atoms with Crippen LogP contribution in [0.4, 0.5) is 0 Å². The van der Waals surface area contributed by atoms with Crippen molar-refractivity contribution in [2.45, 2.75) is 20.3 Å². The standard InChI is InChI=1S/C5H11O.ClH.Mg/c1-5(2)3-4-6;;/h5H,3-4H2,1-2H3;1H;/q-1;;+2/p-1. The molecule has 0 saturated heterocycles. The fourth-order valence-corrected chi connectivity index (χ4v) is 0.236. The fourth-order valence-electron chi connectivity index (χ4n) is 0.236. The predicted molar refractivity (Wildman–Crippen MR) is 30.1 cm³/mol. The van der Waals surface area contributed by atoms with E-state index >= 15 is 0 Å². The maximum atomic E-state index is 9.74. The summed E-state index contributed by atoms with van der Waals surface area (Å²) in [6, 6.07) is 0. The first-order valence-corrected chi connectivity index (χ1v) is 2.35. The Morgan fingerprint density at radius 2 is 1.75 bits per heavy atom. The number of hydrogen-bond donors (Lipinski definition) is 0. The molecular formula is C5H11ClMgO. The quantitative estimate of drug-likeness (QED) is 0.382. The molecule has 0 N–H and O–H groups in total. The van der Waals surface area contributed by atoms with Gasteiger partial charge in [0, 0.05) is 0 Å². The van der Waals surface area contributed by atoms with Gasteiger partial charge in [0.1, 0.15) is 0 Å². The van der Waals surface area contributed by atoms with Crippen LogP contribution in [0.25, 0.3) is 0 Å². The van der Waals surface area contributed by atoms with Gasteiger partial charge in [0.25, 0.3) is 0 Å². The van der Waals surface area contributed by atoms with Gasteiger partial charge in [-0.05, 0) is 5.92 Å². The van der Waals surface area contributed by atoms with Crippen LogP contribution in [-0.2, 0) is 0 Å². The van der Waals surface area contributed by atoms with Crippen molar-refractivity contribution in [3.8, 4) is 0 Å². The molecular weight excluding hydrogens is 136 g/mol. The molecule has 0 saturated carbocycles. The molecule has 0 atom stereocenters.